The van der Waals surface area contributed by atoms with Crippen LogP contribution in [0.4, 0.5) is 0 Å². The van der Waals surface area contributed by atoms with E-state index in [1.807, 2.05) is 23.5 Å². The molecular formula is C19H22O2S. The molecule has 1 fully saturated rings. The van der Waals surface area contributed by atoms with Crippen molar-refractivity contribution >= 4 is 11.3 Å². The van der Waals surface area contributed by atoms with Gasteiger partial charge in [0, 0.05) is 15.7 Å². The topological polar surface area (TPSA) is 18.5 Å². The number of hydrogen-bond acceptors (Lipinski definition) is 3. The maximum atomic E-state index is 6.56. The summed E-state index contributed by atoms with van der Waals surface area (Å²) in [5, 5.41) is 0. The first-order valence-corrected chi connectivity index (χ1v) is 8.97. The molecule has 0 saturated heterocycles. The average Bonchev–Trinajstić information content (AvgIpc) is 2.96. The molecule has 3 heteroatoms. The van der Waals surface area contributed by atoms with Gasteiger partial charge in [0.2, 0.25) is 0 Å². The van der Waals surface area contributed by atoms with E-state index in [1.54, 1.807) is 12.0 Å². The molecule has 0 spiro atoms. The quantitative estimate of drug-likeness (QED) is 0.757. The van der Waals surface area contributed by atoms with Crippen LogP contribution in [-0.2, 0) is 4.74 Å². The second-order valence-electron chi connectivity index (χ2n) is 6.40. The summed E-state index contributed by atoms with van der Waals surface area (Å²) in [4.78, 5) is 2.98. The first kappa shape index (κ1) is 14.3. The molecule has 0 amide bonds. The molecule has 2 aromatic rings. The van der Waals surface area contributed by atoms with Gasteiger partial charge in [-0.05, 0) is 49.1 Å². The van der Waals surface area contributed by atoms with Crippen molar-refractivity contribution in [2.24, 2.45) is 0 Å². The highest BCUT2D eigenvalue weighted by Crippen LogP contribution is 2.49. The van der Waals surface area contributed by atoms with Gasteiger partial charge in [-0.25, -0.2) is 0 Å². The van der Waals surface area contributed by atoms with E-state index in [4.69, 9.17) is 9.47 Å². The van der Waals surface area contributed by atoms with Gasteiger partial charge in [-0.1, -0.05) is 25.0 Å². The third-order valence-electron chi connectivity index (χ3n) is 4.97. The summed E-state index contributed by atoms with van der Waals surface area (Å²) >= 11 is 1.98. The Balaban J connectivity index is 1.74. The summed E-state index contributed by atoms with van der Waals surface area (Å²) in [7, 11) is 1.71. The molecule has 22 heavy (non-hydrogen) atoms. The van der Waals surface area contributed by atoms with Gasteiger partial charge in [0.25, 0.3) is 0 Å². The number of hydrogen-bond donors (Lipinski definition) is 0. The molecule has 0 radical (unpaired) electrons. The van der Waals surface area contributed by atoms with Crippen LogP contribution >= 0.6 is 11.3 Å². The van der Waals surface area contributed by atoms with Gasteiger partial charge in [0.05, 0.1) is 13.2 Å². The van der Waals surface area contributed by atoms with Gasteiger partial charge in [-0.15, -0.1) is 11.3 Å². The lowest BCUT2D eigenvalue weighted by Crippen LogP contribution is -2.32. The number of benzene rings is 1. The number of ether oxygens (including phenoxy) is 2. The molecule has 1 aliphatic carbocycles. The van der Waals surface area contributed by atoms with Crippen LogP contribution in [0.3, 0.4) is 0 Å². The van der Waals surface area contributed by atoms with Crippen molar-refractivity contribution in [3.05, 3.63) is 51.2 Å². The van der Waals surface area contributed by atoms with Gasteiger partial charge in [-0.2, -0.15) is 0 Å². The van der Waals surface area contributed by atoms with E-state index in [-0.39, 0.29) is 6.10 Å². The molecule has 0 bridgehead atoms. The first-order valence-electron chi connectivity index (χ1n) is 8.16. The van der Waals surface area contributed by atoms with Crippen LogP contribution in [0.25, 0.3) is 0 Å². The van der Waals surface area contributed by atoms with Gasteiger partial charge in [0.15, 0.2) is 0 Å². The molecule has 2 aliphatic rings. The Hall–Kier alpha value is -1.32. The monoisotopic (exact) mass is 314 g/mol. The zero-order chi connectivity index (χ0) is 15.1. The molecule has 2 heterocycles. The molecular weight excluding hydrogens is 292 g/mol. The lowest BCUT2D eigenvalue weighted by atomic mass is 9.80. The zero-order valence-electron chi connectivity index (χ0n) is 13.2. The highest BCUT2D eigenvalue weighted by Gasteiger charge is 2.39. The van der Waals surface area contributed by atoms with E-state index < -0.39 is 0 Å². The van der Waals surface area contributed by atoms with E-state index in [0.29, 0.717) is 12.0 Å². The molecule has 116 valence electrons. The van der Waals surface area contributed by atoms with Crippen LogP contribution in [0.5, 0.6) is 5.75 Å². The molecule has 0 N–H and O–H groups in total. The Morgan fingerprint density at radius 1 is 1.14 bits per heavy atom. The molecule has 1 aliphatic heterocycles. The van der Waals surface area contributed by atoms with E-state index in [1.165, 1.54) is 41.7 Å². The maximum Gasteiger partial charge on any atom is 0.118 e. The minimum Gasteiger partial charge on any atom is -0.497 e. The van der Waals surface area contributed by atoms with Crippen LogP contribution in [0.15, 0.2) is 30.3 Å². The fourth-order valence-electron chi connectivity index (χ4n) is 3.89. The fourth-order valence-corrected chi connectivity index (χ4v) is 5.13. The average molecular weight is 314 g/mol. The lowest BCUT2D eigenvalue weighted by molar-refractivity contribution is -0.0374. The Kier molecular flexibility index (Phi) is 3.71. The Labute approximate surface area is 136 Å². The predicted octanol–water partition coefficient (Wildman–Crippen LogP) is 5.21. The normalized spacial score (nSPS) is 27.1. The first-order chi connectivity index (χ1) is 10.8. The third-order valence-corrected chi connectivity index (χ3v) is 6.16. The highest BCUT2D eigenvalue weighted by molar-refractivity contribution is 7.12. The van der Waals surface area contributed by atoms with Crippen LogP contribution in [0, 0.1) is 6.92 Å². The van der Waals surface area contributed by atoms with Crippen LogP contribution in [0.2, 0.25) is 0 Å². The molecule has 1 aromatic heterocycles. The summed E-state index contributed by atoms with van der Waals surface area (Å²) < 4.78 is 11.8. The van der Waals surface area contributed by atoms with Crippen LogP contribution in [-0.4, -0.2) is 13.2 Å². The minimum absolute atomic E-state index is 0.0882. The van der Waals surface area contributed by atoms with Crippen molar-refractivity contribution in [1.29, 1.82) is 0 Å². The van der Waals surface area contributed by atoms with Crippen molar-refractivity contribution < 1.29 is 9.47 Å². The predicted molar refractivity (Wildman–Crippen MR) is 90.0 cm³/mol. The summed E-state index contributed by atoms with van der Waals surface area (Å²) in [5.74, 6) is 1.52. The van der Waals surface area contributed by atoms with Gasteiger partial charge in [-0.3, -0.25) is 0 Å². The number of rotatable bonds is 2. The summed E-state index contributed by atoms with van der Waals surface area (Å²) in [5.41, 5.74) is 2.64. The SMILES string of the molecule is COc1ccc([C@@H]2O[C@H]3CCCC[C@@H]3c3sc(C)cc32)cc1. The minimum atomic E-state index is 0.0882. The van der Waals surface area contributed by atoms with Gasteiger partial charge >= 0.3 is 0 Å². The van der Waals surface area contributed by atoms with E-state index >= 15 is 0 Å². The van der Waals surface area contributed by atoms with Gasteiger partial charge in [0.1, 0.15) is 11.9 Å². The molecule has 1 saturated carbocycles. The molecule has 2 nitrogen and oxygen atoms in total. The van der Waals surface area contributed by atoms with Crippen molar-refractivity contribution in [2.75, 3.05) is 7.11 Å². The molecule has 1 aromatic carbocycles. The number of aryl methyl sites for hydroxylation is 1. The number of methoxy groups -OCH3 is 1. The number of fused-ring (bicyclic) bond motifs is 3. The largest absolute Gasteiger partial charge is 0.497 e. The third kappa shape index (κ3) is 2.37. The summed E-state index contributed by atoms with van der Waals surface area (Å²) in [6, 6.07) is 10.7. The van der Waals surface area contributed by atoms with Crippen LogP contribution in [0.1, 0.15) is 58.6 Å². The molecule has 4 rings (SSSR count). The number of thiophene rings is 1. The zero-order valence-corrected chi connectivity index (χ0v) is 14.0. The molecule has 3 atom stereocenters. The second-order valence-corrected chi connectivity index (χ2v) is 7.68. The van der Waals surface area contributed by atoms with E-state index in [0.717, 1.165) is 5.75 Å². The Bertz CT molecular complexity index is 659. The standard InChI is InChI=1S/C19H22O2S/c1-12-11-16-18(13-7-9-14(20-2)10-8-13)21-17-6-4-3-5-15(17)19(16)22-12/h7-11,15,17-18H,3-6H2,1-2H3/t15-,17-,18-/m0/s1. The summed E-state index contributed by atoms with van der Waals surface area (Å²) in [6.07, 6.45) is 5.61. The highest BCUT2D eigenvalue weighted by atomic mass is 32.1. The van der Waals surface area contributed by atoms with Gasteiger partial charge < -0.3 is 9.47 Å². The smallest absolute Gasteiger partial charge is 0.118 e. The van der Waals surface area contributed by atoms with Crippen molar-refractivity contribution in [1.82, 2.24) is 0 Å². The Morgan fingerprint density at radius 3 is 2.68 bits per heavy atom. The lowest BCUT2D eigenvalue weighted by Gasteiger charge is -2.39. The fraction of sp³-hybridized carbons (Fsp3) is 0.474. The Morgan fingerprint density at radius 2 is 1.91 bits per heavy atom. The second kappa shape index (κ2) is 5.71. The maximum absolute atomic E-state index is 6.56. The van der Waals surface area contributed by atoms with Crippen LogP contribution < -0.4 is 4.74 Å². The molecule has 0 unspecified atom stereocenters. The van der Waals surface area contributed by atoms with E-state index in [9.17, 15) is 0 Å². The van der Waals surface area contributed by atoms with E-state index in [2.05, 4.69) is 25.1 Å². The van der Waals surface area contributed by atoms with Crippen molar-refractivity contribution in [2.45, 2.75) is 50.7 Å². The van der Waals surface area contributed by atoms with Crippen molar-refractivity contribution in [3.8, 4) is 5.75 Å². The summed E-state index contributed by atoms with van der Waals surface area (Å²) in [6.45, 7) is 2.21. The van der Waals surface area contributed by atoms with Crippen molar-refractivity contribution in [3.63, 3.8) is 0 Å².